The molecule has 0 heterocycles. The lowest BCUT2D eigenvalue weighted by atomic mass is 9.77. The van der Waals surface area contributed by atoms with Gasteiger partial charge in [-0.2, -0.15) is 5.26 Å². The van der Waals surface area contributed by atoms with Gasteiger partial charge in [-0.1, -0.05) is 6.92 Å². The predicted octanol–water partition coefficient (Wildman–Crippen LogP) is 3.22. The van der Waals surface area contributed by atoms with Crippen LogP contribution in [0.3, 0.4) is 0 Å². The fourth-order valence-electron chi connectivity index (χ4n) is 2.81. The number of aliphatic hydroxyl groups is 1. The number of benzene rings is 1. The zero-order chi connectivity index (χ0) is 13.9. The van der Waals surface area contributed by atoms with E-state index in [1.165, 1.54) is 0 Å². The molecule has 1 aliphatic carbocycles. The smallest absolute Gasteiger partial charge is 0.0994 e. The Kier molecular flexibility index (Phi) is 4.11. The van der Waals surface area contributed by atoms with Crippen molar-refractivity contribution in [3.63, 3.8) is 0 Å². The van der Waals surface area contributed by atoms with Crippen LogP contribution in [0.2, 0.25) is 0 Å². The molecule has 0 spiro atoms. The van der Waals surface area contributed by atoms with Gasteiger partial charge in [-0.05, 0) is 62.3 Å². The SMILES string of the molecule is Cc1cc(NC2(CO)CCC(C)CC2)ccc1C#N. The van der Waals surface area contributed by atoms with Crippen LogP contribution < -0.4 is 5.32 Å². The number of aryl methyl sites for hydroxylation is 1. The molecule has 0 radical (unpaired) electrons. The van der Waals surface area contributed by atoms with Crippen LogP contribution in [0.25, 0.3) is 0 Å². The van der Waals surface area contributed by atoms with E-state index in [0.29, 0.717) is 5.56 Å². The van der Waals surface area contributed by atoms with Crippen LogP contribution >= 0.6 is 0 Å². The molecule has 1 aliphatic rings. The Morgan fingerprint density at radius 2 is 2.11 bits per heavy atom. The maximum atomic E-state index is 9.74. The van der Waals surface area contributed by atoms with E-state index in [4.69, 9.17) is 5.26 Å². The third-order valence-electron chi connectivity index (χ3n) is 4.29. The summed E-state index contributed by atoms with van der Waals surface area (Å²) < 4.78 is 0. The molecule has 0 saturated heterocycles. The highest BCUT2D eigenvalue weighted by Gasteiger charge is 2.33. The highest BCUT2D eigenvalue weighted by Crippen LogP contribution is 2.34. The van der Waals surface area contributed by atoms with Crippen LogP contribution in [-0.2, 0) is 0 Å². The molecule has 1 saturated carbocycles. The molecule has 3 heteroatoms. The van der Waals surface area contributed by atoms with Crippen molar-refractivity contribution in [3.05, 3.63) is 29.3 Å². The van der Waals surface area contributed by atoms with Gasteiger partial charge in [0.1, 0.15) is 0 Å². The zero-order valence-corrected chi connectivity index (χ0v) is 11.7. The molecule has 1 aromatic carbocycles. The maximum Gasteiger partial charge on any atom is 0.0994 e. The summed E-state index contributed by atoms with van der Waals surface area (Å²) in [5, 5.41) is 22.2. The first-order valence-corrected chi connectivity index (χ1v) is 6.98. The lowest BCUT2D eigenvalue weighted by molar-refractivity contribution is 0.155. The Morgan fingerprint density at radius 3 is 2.63 bits per heavy atom. The average Bonchev–Trinajstić information content (AvgIpc) is 2.42. The second kappa shape index (κ2) is 5.63. The molecule has 19 heavy (non-hydrogen) atoms. The number of nitriles is 1. The van der Waals surface area contributed by atoms with Crippen molar-refractivity contribution in [3.8, 4) is 6.07 Å². The van der Waals surface area contributed by atoms with Crippen LogP contribution in [0, 0.1) is 24.2 Å². The third kappa shape index (κ3) is 3.08. The number of nitrogens with one attached hydrogen (secondary N) is 1. The molecular weight excluding hydrogens is 236 g/mol. The molecule has 0 atom stereocenters. The normalized spacial score (nSPS) is 26.7. The fourth-order valence-corrected chi connectivity index (χ4v) is 2.81. The Morgan fingerprint density at radius 1 is 1.42 bits per heavy atom. The quantitative estimate of drug-likeness (QED) is 0.875. The largest absolute Gasteiger partial charge is 0.394 e. The van der Waals surface area contributed by atoms with E-state index >= 15 is 0 Å². The summed E-state index contributed by atoms with van der Waals surface area (Å²) in [6.07, 6.45) is 4.32. The first-order valence-electron chi connectivity index (χ1n) is 6.98. The summed E-state index contributed by atoms with van der Waals surface area (Å²) in [6.45, 7) is 4.38. The third-order valence-corrected chi connectivity index (χ3v) is 4.29. The molecule has 0 amide bonds. The highest BCUT2D eigenvalue weighted by atomic mass is 16.3. The number of aliphatic hydroxyl groups excluding tert-OH is 1. The lowest BCUT2D eigenvalue weighted by Gasteiger charge is -2.39. The Bertz CT molecular complexity index is 482. The molecule has 2 N–H and O–H groups in total. The molecule has 0 aliphatic heterocycles. The van der Waals surface area contributed by atoms with Crippen molar-refractivity contribution in [2.24, 2.45) is 5.92 Å². The van der Waals surface area contributed by atoms with Gasteiger partial charge >= 0.3 is 0 Å². The van der Waals surface area contributed by atoms with E-state index in [9.17, 15) is 5.11 Å². The molecule has 1 fully saturated rings. The molecule has 1 aromatic rings. The van der Waals surface area contributed by atoms with Gasteiger partial charge < -0.3 is 10.4 Å². The monoisotopic (exact) mass is 258 g/mol. The zero-order valence-electron chi connectivity index (χ0n) is 11.7. The van der Waals surface area contributed by atoms with Gasteiger partial charge in [-0.15, -0.1) is 0 Å². The van der Waals surface area contributed by atoms with Crippen molar-refractivity contribution in [1.82, 2.24) is 0 Å². The Labute approximate surface area is 115 Å². The van der Waals surface area contributed by atoms with Crippen molar-refractivity contribution < 1.29 is 5.11 Å². The average molecular weight is 258 g/mol. The highest BCUT2D eigenvalue weighted by molar-refractivity contribution is 5.53. The van der Waals surface area contributed by atoms with E-state index < -0.39 is 0 Å². The van der Waals surface area contributed by atoms with Crippen LogP contribution in [0.15, 0.2) is 18.2 Å². The maximum absolute atomic E-state index is 9.74. The fraction of sp³-hybridized carbons (Fsp3) is 0.562. The van der Waals surface area contributed by atoms with Crippen LogP contribution in [0.4, 0.5) is 5.69 Å². The number of nitrogens with zero attached hydrogens (tertiary/aromatic N) is 1. The summed E-state index contributed by atoms with van der Waals surface area (Å²) in [4.78, 5) is 0. The molecule has 102 valence electrons. The number of rotatable bonds is 3. The second-order valence-electron chi connectivity index (χ2n) is 5.89. The van der Waals surface area contributed by atoms with Crippen molar-refractivity contribution >= 4 is 5.69 Å². The van der Waals surface area contributed by atoms with Gasteiger partial charge in [0, 0.05) is 5.69 Å². The molecular formula is C16H22N2O. The van der Waals surface area contributed by atoms with E-state index in [2.05, 4.69) is 18.3 Å². The van der Waals surface area contributed by atoms with E-state index in [0.717, 1.165) is 42.9 Å². The standard InChI is InChI=1S/C16H22N2O/c1-12-5-7-16(11-19,8-6-12)18-15-4-3-14(10-17)13(2)9-15/h3-4,9,12,18-19H,5-8,11H2,1-2H3. The first kappa shape index (κ1) is 13.9. The Balaban J connectivity index is 2.15. The summed E-state index contributed by atoms with van der Waals surface area (Å²) >= 11 is 0. The second-order valence-corrected chi connectivity index (χ2v) is 5.89. The van der Waals surface area contributed by atoms with Crippen molar-refractivity contribution in [1.29, 1.82) is 5.26 Å². The van der Waals surface area contributed by atoms with Crippen molar-refractivity contribution in [2.75, 3.05) is 11.9 Å². The van der Waals surface area contributed by atoms with Gasteiger partial charge in [0.05, 0.1) is 23.8 Å². The van der Waals surface area contributed by atoms with Crippen LogP contribution in [0.1, 0.15) is 43.7 Å². The first-order chi connectivity index (χ1) is 9.08. The molecule has 0 bridgehead atoms. The van der Waals surface area contributed by atoms with Crippen LogP contribution in [-0.4, -0.2) is 17.3 Å². The van der Waals surface area contributed by atoms with Gasteiger partial charge in [0.2, 0.25) is 0 Å². The summed E-state index contributed by atoms with van der Waals surface area (Å²) in [6, 6.07) is 7.95. The minimum atomic E-state index is -0.187. The molecule has 3 nitrogen and oxygen atoms in total. The molecule has 0 aromatic heterocycles. The Hall–Kier alpha value is -1.53. The van der Waals surface area contributed by atoms with Gasteiger partial charge in [-0.25, -0.2) is 0 Å². The minimum absolute atomic E-state index is 0.165. The molecule has 2 rings (SSSR count). The van der Waals surface area contributed by atoms with Gasteiger partial charge in [0.15, 0.2) is 0 Å². The number of anilines is 1. The molecule has 0 unspecified atom stereocenters. The van der Waals surface area contributed by atoms with Crippen LogP contribution in [0.5, 0.6) is 0 Å². The summed E-state index contributed by atoms with van der Waals surface area (Å²) in [7, 11) is 0. The lowest BCUT2D eigenvalue weighted by Crippen LogP contribution is -2.45. The van der Waals surface area contributed by atoms with Crippen molar-refractivity contribution in [2.45, 2.75) is 45.1 Å². The van der Waals surface area contributed by atoms with Gasteiger partial charge in [-0.3, -0.25) is 0 Å². The van der Waals surface area contributed by atoms with E-state index in [1.54, 1.807) is 0 Å². The summed E-state index contributed by atoms with van der Waals surface area (Å²) in [5.41, 5.74) is 2.50. The summed E-state index contributed by atoms with van der Waals surface area (Å²) in [5.74, 6) is 0.754. The predicted molar refractivity (Wildman–Crippen MR) is 77.0 cm³/mol. The topological polar surface area (TPSA) is 56.0 Å². The number of hydrogen-bond donors (Lipinski definition) is 2. The van der Waals surface area contributed by atoms with E-state index in [1.807, 2.05) is 25.1 Å². The number of hydrogen-bond acceptors (Lipinski definition) is 3. The minimum Gasteiger partial charge on any atom is -0.394 e. The van der Waals surface area contributed by atoms with Gasteiger partial charge in [0.25, 0.3) is 0 Å². The van der Waals surface area contributed by atoms with E-state index in [-0.39, 0.29) is 12.1 Å².